The molecule has 0 spiro atoms. The van der Waals surface area contributed by atoms with Crippen LogP contribution in [0.2, 0.25) is 0 Å². The molecule has 0 radical (unpaired) electrons. The molecule has 28 heavy (non-hydrogen) atoms. The minimum Gasteiger partial charge on any atom is -0.293 e. The maximum atomic E-state index is 13.7. The smallest absolute Gasteiger partial charge is 0.293 e. The van der Waals surface area contributed by atoms with Crippen LogP contribution in [-0.2, 0) is 12.6 Å². The van der Waals surface area contributed by atoms with Gasteiger partial charge in [-0.05, 0) is 41.3 Å². The molecule has 3 rings (SSSR count). The van der Waals surface area contributed by atoms with Crippen molar-refractivity contribution in [1.82, 2.24) is 0 Å². The van der Waals surface area contributed by atoms with Crippen LogP contribution >= 0.6 is 11.3 Å². The SMILES string of the molecule is CCc1c(C(=O)C(C)C)sc2c(-c3cccc(C#N)c3)ccc(C(F)(F)F)c12. The van der Waals surface area contributed by atoms with E-state index < -0.39 is 11.7 Å². The first-order valence-corrected chi connectivity index (χ1v) is 9.71. The molecule has 1 heterocycles. The highest BCUT2D eigenvalue weighted by atomic mass is 32.1. The van der Waals surface area contributed by atoms with E-state index >= 15 is 0 Å². The molecule has 0 saturated carbocycles. The lowest BCUT2D eigenvalue weighted by atomic mass is 9.94. The molecule has 0 atom stereocenters. The van der Waals surface area contributed by atoms with Gasteiger partial charge >= 0.3 is 6.18 Å². The van der Waals surface area contributed by atoms with Crippen LogP contribution in [0.1, 0.15) is 47.1 Å². The first kappa shape index (κ1) is 20.1. The number of hydrogen-bond donors (Lipinski definition) is 0. The Hall–Kier alpha value is -2.65. The molecule has 0 bridgehead atoms. The number of thiophene rings is 1. The molecule has 2 nitrogen and oxygen atoms in total. The zero-order valence-electron chi connectivity index (χ0n) is 15.6. The number of carbonyl (C=O) groups is 1. The van der Waals surface area contributed by atoms with Crippen molar-refractivity contribution in [3.8, 4) is 17.2 Å². The Morgan fingerprint density at radius 1 is 1.21 bits per heavy atom. The summed E-state index contributed by atoms with van der Waals surface area (Å²) in [5, 5.41) is 9.25. The number of carbonyl (C=O) groups excluding carboxylic acids is 1. The van der Waals surface area contributed by atoms with Crippen LogP contribution in [-0.4, -0.2) is 5.78 Å². The van der Waals surface area contributed by atoms with E-state index in [0.29, 0.717) is 38.3 Å². The molecule has 0 N–H and O–H groups in total. The molecule has 0 aliphatic carbocycles. The first-order valence-electron chi connectivity index (χ1n) is 8.89. The van der Waals surface area contributed by atoms with E-state index in [2.05, 4.69) is 6.07 Å². The fraction of sp³-hybridized carbons (Fsp3) is 0.273. The molecule has 1 aromatic heterocycles. The summed E-state index contributed by atoms with van der Waals surface area (Å²) in [6.07, 6.45) is -4.19. The summed E-state index contributed by atoms with van der Waals surface area (Å²) in [7, 11) is 0. The van der Waals surface area contributed by atoms with Gasteiger partial charge in [0.05, 0.1) is 22.1 Å². The minimum atomic E-state index is -4.52. The van der Waals surface area contributed by atoms with Gasteiger partial charge in [-0.1, -0.05) is 39.0 Å². The molecule has 144 valence electrons. The predicted octanol–water partition coefficient (Wildman–Crippen LogP) is 6.86. The fourth-order valence-corrected chi connectivity index (χ4v) is 4.82. The summed E-state index contributed by atoms with van der Waals surface area (Å²) in [5.41, 5.74) is 1.41. The second kappa shape index (κ2) is 7.40. The first-order chi connectivity index (χ1) is 13.2. The van der Waals surface area contributed by atoms with Crippen molar-refractivity contribution in [2.75, 3.05) is 0 Å². The number of halogens is 3. The van der Waals surface area contributed by atoms with Gasteiger partial charge in [-0.3, -0.25) is 4.79 Å². The second-order valence-corrected chi connectivity index (χ2v) is 7.86. The second-order valence-electron chi connectivity index (χ2n) is 6.84. The average Bonchev–Trinajstić information content (AvgIpc) is 3.04. The number of alkyl halides is 3. The Bertz CT molecular complexity index is 1100. The van der Waals surface area contributed by atoms with Gasteiger partial charge in [0.25, 0.3) is 0 Å². The van der Waals surface area contributed by atoms with E-state index in [1.165, 1.54) is 6.07 Å². The summed E-state index contributed by atoms with van der Waals surface area (Å²) in [5.74, 6) is -0.457. The highest BCUT2D eigenvalue weighted by Gasteiger charge is 2.36. The number of rotatable bonds is 4. The van der Waals surface area contributed by atoms with Gasteiger partial charge in [-0.15, -0.1) is 11.3 Å². The Kier molecular flexibility index (Phi) is 5.31. The van der Waals surface area contributed by atoms with E-state index in [-0.39, 0.29) is 17.1 Å². The fourth-order valence-electron chi connectivity index (χ4n) is 3.28. The van der Waals surface area contributed by atoms with Crippen LogP contribution in [0.15, 0.2) is 36.4 Å². The lowest BCUT2D eigenvalue weighted by Gasteiger charge is -2.13. The Labute approximate surface area is 165 Å². The van der Waals surface area contributed by atoms with Gasteiger partial charge < -0.3 is 0 Å². The largest absolute Gasteiger partial charge is 0.417 e. The van der Waals surface area contributed by atoms with Crippen molar-refractivity contribution >= 4 is 27.2 Å². The molecule has 3 aromatic rings. The number of ketones is 1. The standard InChI is InChI=1S/C22H18F3NOS/c1-4-15-18-17(22(23,24)25)9-8-16(14-7-5-6-13(10-14)11-26)20(18)28-21(15)19(27)12(2)3/h5-10,12H,4H2,1-3H3. The van der Waals surface area contributed by atoms with Crippen LogP contribution in [0.25, 0.3) is 21.2 Å². The lowest BCUT2D eigenvalue weighted by Crippen LogP contribution is -2.09. The third kappa shape index (κ3) is 3.43. The van der Waals surface area contributed by atoms with Crippen molar-refractivity contribution in [1.29, 1.82) is 5.26 Å². The van der Waals surface area contributed by atoms with E-state index in [1.54, 1.807) is 45.0 Å². The Morgan fingerprint density at radius 2 is 1.93 bits per heavy atom. The van der Waals surface area contributed by atoms with Crippen molar-refractivity contribution in [2.45, 2.75) is 33.4 Å². The minimum absolute atomic E-state index is 0.101. The van der Waals surface area contributed by atoms with Gasteiger partial charge in [-0.2, -0.15) is 18.4 Å². The summed E-state index contributed by atoms with van der Waals surface area (Å²) < 4.78 is 41.6. The lowest BCUT2D eigenvalue weighted by molar-refractivity contribution is -0.136. The van der Waals surface area contributed by atoms with E-state index in [0.717, 1.165) is 17.4 Å². The van der Waals surface area contributed by atoms with Gasteiger partial charge in [0.2, 0.25) is 0 Å². The summed E-state index contributed by atoms with van der Waals surface area (Å²) in [6, 6.07) is 11.3. The van der Waals surface area contributed by atoms with Gasteiger partial charge in [0.15, 0.2) is 5.78 Å². The third-order valence-electron chi connectivity index (χ3n) is 4.65. The van der Waals surface area contributed by atoms with Crippen LogP contribution in [0.5, 0.6) is 0 Å². The highest BCUT2D eigenvalue weighted by Crippen LogP contribution is 2.45. The number of hydrogen-bond acceptors (Lipinski definition) is 3. The monoisotopic (exact) mass is 401 g/mol. The number of nitrogens with zero attached hydrogens (tertiary/aromatic N) is 1. The molecule has 0 fully saturated rings. The number of benzene rings is 2. The quantitative estimate of drug-likeness (QED) is 0.448. The third-order valence-corrected chi connectivity index (χ3v) is 5.93. The van der Waals surface area contributed by atoms with Crippen LogP contribution in [0.4, 0.5) is 13.2 Å². The topological polar surface area (TPSA) is 40.9 Å². The number of fused-ring (bicyclic) bond motifs is 1. The molecule has 0 saturated heterocycles. The normalized spacial score (nSPS) is 11.8. The number of Topliss-reactive ketones (excluding diaryl/α,β-unsaturated/α-hetero) is 1. The maximum absolute atomic E-state index is 13.7. The molecular formula is C22H18F3NOS. The molecule has 0 unspecified atom stereocenters. The summed E-state index contributed by atoms with van der Waals surface area (Å²) in [4.78, 5) is 13.1. The Balaban J connectivity index is 2.43. The van der Waals surface area contributed by atoms with Gasteiger partial charge in [0.1, 0.15) is 0 Å². The van der Waals surface area contributed by atoms with E-state index in [1.807, 2.05) is 0 Å². The van der Waals surface area contributed by atoms with E-state index in [9.17, 15) is 18.0 Å². The highest BCUT2D eigenvalue weighted by molar-refractivity contribution is 7.21. The summed E-state index contributed by atoms with van der Waals surface area (Å²) >= 11 is 1.12. The summed E-state index contributed by atoms with van der Waals surface area (Å²) in [6.45, 7) is 5.25. The maximum Gasteiger partial charge on any atom is 0.417 e. The van der Waals surface area contributed by atoms with Crippen molar-refractivity contribution in [3.05, 3.63) is 58.0 Å². The molecule has 0 aliphatic rings. The van der Waals surface area contributed by atoms with Crippen molar-refractivity contribution < 1.29 is 18.0 Å². The number of aryl methyl sites for hydroxylation is 1. The van der Waals surface area contributed by atoms with Crippen LogP contribution in [0.3, 0.4) is 0 Å². The molecule has 2 aromatic carbocycles. The zero-order chi connectivity index (χ0) is 20.6. The molecular weight excluding hydrogens is 383 g/mol. The van der Waals surface area contributed by atoms with E-state index in [4.69, 9.17) is 5.26 Å². The number of nitriles is 1. The molecule has 6 heteroatoms. The Morgan fingerprint density at radius 3 is 2.50 bits per heavy atom. The van der Waals surface area contributed by atoms with Crippen LogP contribution in [0, 0.1) is 17.2 Å². The molecule has 0 aliphatic heterocycles. The van der Waals surface area contributed by atoms with Gasteiger partial charge in [0, 0.05) is 16.0 Å². The average molecular weight is 401 g/mol. The predicted molar refractivity (Wildman–Crippen MR) is 106 cm³/mol. The van der Waals surface area contributed by atoms with Crippen LogP contribution < -0.4 is 0 Å². The van der Waals surface area contributed by atoms with Gasteiger partial charge in [-0.25, -0.2) is 0 Å². The molecule has 0 amide bonds. The van der Waals surface area contributed by atoms with Crippen molar-refractivity contribution in [2.24, 2.45) is 5.92 Å². The zero-order valence-corrected chi connectivity index (χ0v) is 16.5. The van der Waals surface area contributed by atoms with Crippen molar-refractivity contribution in [3.63, 3.8) is 0 Å².